The molecule has 0 spiro atoms. The van der Waals surface area contributed by atoms with Gasteiger partial charge in [-0.3, -0.25) is 0 Å². The van der Waals surface area contributed by atoms with E-state index in [1.54, 1.807) is 0 Å². The molecule has 0 atom stereocenters. The Morgan fingerprint density at radius 2 is 1.20 bits per heavy atom. The van der Waals surface area contributed by atoms with Gasteiger partial charge in [0.1, 0.15) is 28.0 Å². The average Bonchev–Trinajstić information content (AvgIpc) is 3.93. The highest BCUT2D eigenvalue weighted by Crippen LogP contribution is 2.42. The van der Waals surface area contributed by atoms with Crippen LogP contribution in [0.1, 0.15) is 32.9 Å². The van der Waals surface area contributed by atoms with E-state index in [-0.39, 0.29) is 5.39 Å². The molecule has 0 bridgehead atoms. The lowest BCUT2D eigenvalue weighted by Crippen LogP contribution is -1.94. The van der Waals surface area contributed by atoms with Crippen molar-refractivity contribution in [2.24, 2.45) is 0 Å². The molecule has 46 heavy (non-hydrogen) atoms. The van der Waals surface area contributed by atoms with Crippen molar-refractivity contribution in [2.75, 3.05) is 0 Å². The molecule has 0 amide bonds. The molecule has 0 radical (unpaired) electrons. The Hall–Kier alpha value is -6.26. The van der Waals surface area contributed by atoms with Gasteiger partial charge in [0.05, 0.1) is 32.9 Å². The second-order valence-electron chi connectivity index (χ2n) is 9.89. The molecule has 0 unspecified atom stereocenters. The van der Waals surface area contributed by atoms with Crippen LogP contribution in [0.3, 0.4) is 0 Å². The second-order valence-corrected chi connectivity index (χ2v) is 9.89. The van der Waals surface area contributed by atoms with Crippen molar-refractivity contribution in [3.63, 3.8) is 0 Å². The Kier molecular flexibility index (Phi) is 2.36. The summed E-state index contributed by atoms with van der Waals surface area (Å²) in [4.78, 5) is 9.04. The second kappa shape index (κ2) is 9.62. The minimum absolute atomic E-state index is 0.370. The van der Waals surface area contributed by atoms with Crippen LogP contribution < -0.4 is 0 Å². The van der Waals surface area contributed by atoms with E-state index in [4.69, 9.17) is 34.9 Å². The van der Waals surface area contributed by atoms with Crippen molar-refractivity contribution in [1.82, 2.24) is 9.97 Å². The summed E-state index contributed by atoms with van der Waals surface area (Å²) < 4.78 is 223. The van der Waals surface area contributed by atoms with E-state index in [0.717, 1.165) is 0 Å². The predicted molar refractivity (Wildman–Crippen MR) is 188 cm³/mol. The molecule has 7 aromatic carbocycles. The highest BCUT2D eigenvalue weighted by atomic mass is 16.3. The van der Waals surface area contributed by atoms with Gasteiger partial charge in [0.15, 0.2) is 11.4 Å². The number of benzene rings is 7. The zero-order chi connectivity index (χ0) is 51.1. The third-order valence-electron chi connectivity index (χ3n) is 7.37. The fourth-order valence-corrected chi connectivity index (χ4v) is 5.41. The third-order valence-corrected chi connectivity index (χ3v) is 7.37. The van der Waals surface area contributed by atoms with E-state index in [2.05, 4.69) is 9.97 Å². The molecule has 3 heterocycles. The van der Waals surface area contributed by atoms with Crippen LogP contribution in [0, 0.1) is 0 Å². The zero-order valence-electron chi connectivity index (χ0n) is 46.7. The number of para-hydroxylation sites is 1. The van der Waals surface area contributed by atoms with Crippen molar-refractivity contribution in [3.8, 4) is 33.8 Å². The standard InChI is InChI=1S/C42H24N2O2/c1-2-11-25(12-3-1)39-41-40(32-17-8-9-19-35(32)46-41)44-42(43-39)33-18-10-20-36-38(33)31-22-21-27(24-37(31)45-36)34-23-26-13-4-5-14-28(26)29-15-6-7-16-30(29)34/h1-24H/i1D,2D,3D,4D,5D,6D,7D,8D,9D,10D,11D,12D,13D,14D,15D,16D,17D,18D,19D,20D,21D,22D,23D,24D. The lowest BCUT2D eigenvalue weighted by atomic mass is 9.93. The Morgan fingerprint density at radius 1 is 0.457 bits per heavy atom. The number of nitrogens with zero attached hydrogens (tertiary/aromatic N) is 2. The summed E-state index contributed by atoms with van der Waals surface area (Å²) in [5.74, 6) is -0.670. The summed E-state index contributed by atoms with van der Waals surface area (Å²) in [5, 5.41) is -3.34. The summed E-state index contributed by atoms with van der Waals surface area (Å²) in [5.41, 5.74) is -5.73. The van der Waals surface area contributed by atoms with E-state index in [1.807, 2.05) is 0 Å². The van der Waals surface area contributed by atoms with E-state index in [9.17, 15) is 6.85 Å². The maximum Gasteiger partial charge on any atom is 0.180 e. The topological polar surface area (TPSA) is 52.1 Å². The lowest BCUT2D eigenvalue weighted by molar-refractivity contribution is 0.667. The highest BCUT2D eigenvalue weighted by Gasteiger charge is 2.21. The summed E-state index contributed by atoms with van der Waals surface area (Å²) in [6.45, 7) is 0. The summed E-state index contributed by atoms with van der Waals surface area (Å²) in [6.07, 6.45) is 0. The number of furan rings is 2. The van der Waals surface area contributed by atoms with Crippen LogP contribution in [0.2, 0.25) is 0 Å². The molecule has 0 fully saturated rings. The molecular weight excluding hydrogens is 564 g/mol. The quantitative estimate of drug-likeness (QED) is 0.186. The van der Waals surface area contributed by atoms with Gasteiger partial charge in [0, 0.05) is 27.3 Å². The molecule has 4 heteroatoms. The van der Waals surface area contributed by atoms with Gasteiger partial charge in [0.2, 0.25) is 0 Å². The Balaban J connectivity index is 1.40. The lowest BCUT2D eigenvalue weighted by Gasteiger charge is -2.11. The van der Waals surface area contributed by atoms with Crippen LogP contribution >= 0.6 is 0 Å². The SMILES string of the molecule is [2H]c1c([2H])c([2H])c(-c2nc(-c3c([2H])c([2H])c([2H])c4oc5c([2H])c(-c6c([2H])c7c([2H])c([2H])c([2H])c([2H])c7c7c([2H])c([2H])c([2H])c([2H])c67)c([2H])c([2H])c5c34)nc3c2oc2c([2H])c([2H])c([2H])c([2H])c23)c([2H])c1[2H]. The minimum Gasteiger partial charge on any atom is -0.456 e. The summed E-state index contributed by atoms with van der Waals surface area (Å²) in [6, 6.07) is -19.3. The van der Waals surface area contributed by atoms with Crippen molar-refractivity contribution in [2.45, 2.75) is 0 Å². The van der Waals surface area contributed by atoms with Crippen molar-refractivity contribution >= 4 is 65.6 Å². The molecule has 3 aromatic heterocycles. The van der Waals surface area contributed by atoms with Crippen molar-refractivity contribution in [1.29, 1.82) is 0 Å². The van der Waals surface area contributed by atoms with Gasteiger partial charge in [-0.1, -0.05) is 109 Å². The Morgan fingerprint density at radius 3 is 2.09 bits per heavy atom. The van der Waals surface area contributed by atoms with E-state index < -0.39 is 239 Å². The van der Waals surface area contributed by atoms with Crippen molar-refractivity contribution < 1.29 is 41.7 Å². The van der Waals surface area contributed by atoms with Crippen LogP contribution in [0.5, 0.6) is 0 Å². The molecule has 0 saturated carbocycles. The smallest absolute Gasteiger partial charge is 0.180 e. The van der Waals surface area contributed by atoms with Crippen molar-refractivity contribution in [3.05, 3.63) is 145 Å². The molecule has 0 aliphatic rings. The first-order valence-corrected chi connectivity index (χ1v) is 13.5. The maximum atomic E-state index is 9.60. The number of rotatable bonds is 3. The highest BCUT2D eigenvalue weighted by molar-refractivity contribution is 6.16. The first kappa shape index (κ1) is 11.3. The van der Waals surface area contributed by atoms with Crippen LogP contribution in [0.15, 0.2) is 154 Å². The molecular formula is C42H24N2O2. The average molecular weight is 613 g/mol. The molecule has 0 N–H and O–H groups in total. The number of aromatic nitrogens is 2. The number of fused-ring (bicyclic) bond motifs is 9. The number of hydrogen-bond acceptors (Lipinski definition) is 4. The van der Waals surface area contributed by atoms with Gasteiger partial charge in [-0.2, -0.15) is 0 Å². The maximum absolute atomic E-state index is 9.60. The Bertz CT molecular complexity index is 4150. The van der Waals surface area contributed by atoms with Gasteiger partial charge in [-0.25, -0.2) is 9.97 Å². The van der Waals surface area contributed by atoms with Gasteiger partial charge >= 0.3 is 0 Å². The molecule has 0 aliphatic carbocycles. The molecule has 10 aromatic rings. The summed E-state index contributed by atoms with van der Waals surface area (Å²) in [7, 11) is 0. The monoisotopic (exact) mass is 612 g/mol. The first-order chi connectivity index (χ1) is 32.8. The normalized spacial score (nSPS) is 19.2. The number of hydrogen-bond donors (Lipinski definition) is 0. The van der Waals surface area contributed by atoms with Crippen LogP contribution in [0.25, 0.3) is 99.3 Å². The van der Waals surface area contributed by atoms with E-state index in [1.165, 1.54) is 0 Å². The first-order valence-electron chi connectivity index (χ1n) is 25.5. The third kappa shape index (κ3) is 3.67. The minimum atomic E-state index is -0.922. The molecule has 4 nitrogen and oxygen atoms in total. The fraction of sp³-hybridized carbons (Fsp3) is 0. The van der Waals surface area contributed by atoms with Gasteiger partial charge in [-0.05, 0) is 68.9 Å². The van der Waals surface area contributed by atoms with Gasteiger partial charge < -0.3 is 8.83 Å². The zero-order valence-corrected chi connectivity index (χ0v) is 22.7. The molecule has 10 rings (SSSR count). The van der Waals surface area contributed by atoms with Crippen LogP contribution in [-0.2, 0) is 0 Å². The fourth-order valence-electron chi connectivity index (χ4n) is 5.41. The van der Waals surface area contributed by atoms with Crippen LogP contribution in [0.4, 0.5) is 0 Å². The van der Waals surface area contributed by atoms with Gasteiger partial charge in [0.25, 0.3) is 0 Å². The Labute approximate surface area is 296 Å². The van der Waals surface area contributed by atoms with Crippen LogP contribution in [-0.4, -0.2) is 9.97 Å². The largest absolute Gasteiger partial charge is 0.456 e. The van der Waals surface area contributed by atoms with E-state index in [0.29, 0.717) is 0 Å². The molecule has 214 valence electrons. The van der Waals surface area contributed by atoms with Gasteiger partial charge in [-0.15, -0.1) is 0 Å². The molecule has 0 saturated heterocycles. The molecule has 0 aliphatic heterocycles. The summed E-state index contributed by atoms with van der Waals surface area (Å²) >= 11 is 0. The predicted octanol–water partition coefficient (Wildman–Crippen LogP) is 11.6. The van der Waals surface area contributed by atoms with E-state index >= 15 is 0 Å².